The summed E-state index contributed by atoms with van der Waals surface area (Å²) in [6.45, 7) is 9.40. The largest absolute Gasteiger partial charge is 0.744 e. The van der Waals surface area contributed by atoms with Crippen molar-refractivity contribution in [1.29, 1.82) is 0 Å². The molecule has 3 aliphatic rings. The number of aliphatic hydroxyl groups is 1. The molecule has 2 aliphatic heterocycles. The lowest BCUT2D eigenvalue weighted by atomic mass is 9.79. The number of hydrogen-bond acceptors (Lipinski definition) is 6. The first-order valence-corrected chi connectivity index (χ1v) is 14.8. The third-order valence-corrected chi connectivity index (χ3v) is 8.66. The van der Waals surface area contributed by atoms with Crippen LogP contribution in [0.25, 0.3) is 0 Å². The molecule has 1 saturated carbocycles. The molecule has 5 rings (SSSR count). The van der Waals surface area contributed by atoms with E-state index in [4.69, 9.17) is 9.47 Å². The van der Waals surface area contributed by atoms with Crippen LogP contribution in [0.3, 0.4) is 0 Å². The van der Waals surface area contributed by atoms with Crippen molar-refractivity contribution in [3.8, 4) is 11.5 Å². The molecule has 0 aromatic heterocycles. The minimum absolute atomic E-state index is 0.178. The van der Waals surface area contributed by atoms with Gasteiger partial charge in [-0.2, -0.15) is 0 Å². The van der Waals surface area contributed by atoms with Crippen molar-refractivity contribution < 1.29 is 32.5 Å². The fourth-order valence-corrected chi connectivity index (χ4v) is 6.08. The molecule has 2 aromatic rings. The fourth-order valence-electron chi connectivity index (χ4n) is 5.61. The predicted molar refractivity (Wildman–Crippen MR) is 141 cm³/mol. The van der Waals surface area contributed by atoms with E-state index in [0.717, 1.165) is 61.9 Å². The summed E-state index contributed by atoms with van der Waals surface area (Å²) >= 11 is 0. The van der Waals surface area contributed by atoms with Crippen molar-refractivity contribution in [3.05, 3.63) is 53.1 Å². The third kappa shape index (κ3) is 7.25. The summed E-state index contributed by atoms with van der Waals surface area (Å²) in [4.78, 5) is 1.46. The normalized spacial score (nSPS) is 24.9. The van der Waals surface area contributed by atoms with Crippen LogP contribution in [0.1, 0.15) is 62.3 Å². The highest BCUT2D eigenvalue weighted by Crippen LogP contribution is 2.39. The predicted octanol–water partition coefficient (Wildman–Crippen LogP) is 3.29. The molecule has 204 valence electrons. The van der Waals surface area contributed by atoms with E-state index in [1.807, 2.05) is 6.92 Å². The number of quaternary nitrogens is 1. The van der Waals surface area contributed by atoms with Crippen LogP contribution < -0.4 is 14.4 Å². The first-order chi connectivity index (χ1) is 17.5. The molecule has 1 saturated heterocycles. The highest BCUT2D eigenvalue weighted by Gasteiger charge is 2.42. The zero-order chi connectivity index (χ0) is 26.7. The molecule has 2 N–H and O–H groups in total. The van der Waals surface area contributed by atoms with E-state index in [2.05, 4.69) is 26.0 Å². The number of fused-ring (bicyclic) bond motifs is 3. The van der Waals surface area contributed by atoms with Gasteiger partial charge in [0.05, 0.1) is 37.8 Å². The zero-order valence-electron chi connectivity index (χ0n) is 22.4. The number of nitrogens with one attached hydrogen (secondary N) is 1. The number of methoxy groups -OCH3 is 1. The summed E-state index contributed by atoms with van der Waals surface area (Å²) in [5, 5.41) is 10.7. The second-order valence-corrected chi connectivity index (χ2v) is 12.7. The van der Waals surface area contributed by atoms with E-state index < -0.39 is 10.1 Å². The first-order valence-electron chi connectivity index (χ1n) is 13.4. The third-order valence-electron chi connectivity index (χ3n) is 7.81. The maximum atomic E-state index is 10.7. The van der Waals surface area contributed by atoms with Gasteiger partial charge in [-0.1, -0.05) is 31.5 Å². The molecule has 8 heteroatoms. The molecule has 2 heterocycles. The van der Waals surface area contributed by atoms with E-state index >= 15 is 0 Å². The number of rotatable bonds is 7. The average molecular weight is 532 g/mol. The van der Waals surface area contributed by atoms with Gasteiger partial charge in [0.15, 0.2) is 11.5 Å². The Labute approximate surface area is 221 Å². The standard InChI is InChI=1S/C22H33NO3.C7H8O3S/c1-14(2)8-17-12-23-7-6-16-9-22(26-13-15-4-5-15)21(25-3)10-18(16)19(23)11-20(17)24;1-6-2-4-7(5-3-6)11(8,9)10/h9-10,14-15,17,19-20,24H,4-8,11-13H2,1-3H3;2-5H,1H3,(H,8,9,10)/t17-,19-,20-;/m1./s1. The van der Waals surface area contributed by atoms with E-state index in [1.165, 1.54) is 36.1 Å². The van der Waals surface area contributed by atoms with Crippen LogP contribution in [0.15, 0.2) is 41.3 Å². The highest BCUT2D eigenvalue weighted by molar-refractivity contribution is 7.85. The summed E-state index contributed by atoms with van der Waals surface area (Å²) in [5.74, 6) is 3.57. The van der Waals surface area contributed by atoms with Crippen molar-refractivity contribution in [1.82, 2.24) is 0 Å². The van der Waals surface area contributed by atoms with Crippen LogP contribution in [-0.4, -0.2) is 51.0 Å². The molecule has 2 aromatic carbocycles. The second-order valence-electron chi connectivity index (χ2n) is 11.3. The van der Waals surface area contributed by atoms with Gasteiger partial charge in [-0.15, -0.1) is 0 Å². The minimum atomic E-state index is -4.27. The molecule has 7 nitrogen and oxygen atoms in total. The van der Waals surface area contributed by atoms with Crippen LogP contribution in [0.5, 0.6) is 11.5 Å². The Balaban J connectivity index is 0.000000245. The van der Waals surface area contributed by atoms with Crippen molar-refractivity contribution in [3.63, 3.8) is 0 Å². The van der Waals surface area contributed by atoms with Crippen LogP contribution in [-0.2, 0) is 16.5 Å². The number of aryl methyl sites for hydroxylation is 1. The van der Waals surface area contributed by atoms with Gasteiger partial charge in [-0.3, -0.25) is 0 Å². The van der Waals surface area contributed by atoms with Crippen molar-refractivity contribution >= 4 is 10.1 Å². The Kier molecular flexibility index (Phi) is 8.84. The molecule has 0 amide bonds. The van der Waals surface area contributed by atoms with E-state index in [0.29, 0.717) is 17.9 Å². The SMILES string of the molecule is COc1cc2c(cc1OCC1CC1)CC[NH+]1C[C@@H](CC(C)C)[C@H](O)C[C@H]21.Cc1ccc(S(=O)(=O)[O-])cc1. The van der Waals surface area contributed by atoms with Gasteiger partial charge in [0.2, 0.25) is 0 Å². The first kappa shape index (κ1) is 27.9. The number of hydrogen-bond donors (Lipinski definition) is 2. The van der Waals surface area contributed by atoms with Crippen molar-refractivity contribution in [2.24, 2.45) is 17.8 Å². The summed E-state index contributed by atoms with van der Waals surface area (Å²) < 4.78 is 42.9. The molecule has 0 bridgehead atoms. The molecule has 1 aliphatic carbocycles. The highest BCUT2D eigenvalue weighted by atomic mass is 32.2. The summed E-state index contributed by atoms with van der Waals surface area (Å²) in [5.41, 5.74) is 3.68. The number of ether oxygens (including phenoxy) is 2. The Bertz CT molecular complexity index is 1160. The lowest BCUT2D eigenvalue weighted by Gasteiger charge is -2.43. The van der Waals surface area contributed by atoms with Gasteiger partial charge in [0.1, 0.15) is 16.2 Å². The Morgan fingerprint density at radius 3 is 2.43 bits per heavy atom. The summed E-state index contributed by atoms with van der Waals surface area (Å²) in [6.07, 6.45) is 5.49. The summed E-state index contributed by atoms with van der Waals surface area (Å²) in [6, 6.07) is 10.6. The molecule has 2 fully saturated rings. The molecular formula is C29H41NO6S. The van der Waals surface area contributed by atoms with Crippen LogP contribution in [0.4, 0.5) is 0 Å². The maximum Gasteiger partial charge on any atom is 0.161 e. The monoisotopic (exact) mass is 531 g/mol. The molecule has 1 unspecified atom stereocenters. The quantitative estimate of drug-likeness (QED) is 0.532. The number of benzene rings is 2. The fraction of sp³-hybridized carbons (Fsp3) is 0.586. The van der Waals surface area contributed by atoms with E-state index in [-0.39, 0.29) is 11.0 Å². The summed E-state index contributed by atoms with van der Waals surface area (Å²) in [7, 11) is -2.54. The smallest absolute Gasteiger partial charge is 0.161 e. The lowest BCUT2D eigenvalue weighted by molar-refractivity contribution is -0.944. The van der Waals surface area contributed by atoms with Crippen molar-refractivity contribution in [2.45, 2.75) is 69.9 Å². The minimum Gasteiger partial charge on any atom is -0.744 e. The van der Waals surface area contributed by atoms with E-state index in [1.54, 1.807) is 24.1 Å². The van der Waals surface area contributed by atoms with Crippen LogP contribution in [0, 0.1) is 24.7 Å². The van der Waals surface area contributed by atoms with Crippen LogP contribution in [0.2, 0.25) is 0 Å². The van der Waals surface area contributed by atoms with Crippen molar-refractivity contribution in [2.75, 3.05) is 26.8 Å². The molecule has 0 radical (unpaired) electrons. The lowest BCUT2D eigenvalue weighted by Crippen LogP contribution is -3.15. The average Bonchev–Trinajstić information content (AvgIpc) is 3.67. The Morgan fingerprint density at radius 2 is 1.84 bits per heavy atom. The van der Waals surface area contributed by atoms with E-state index in [9.17, 15) is 18.1 Å². The molecule has 4 atom stereocenters. The van der Waals surface area contributed by atoms with Gasteiger partial charge in [0.25, 0.3) is 0 Å². The number of aliphatic hydroxyl groups excluding tert-OH is 1. The second kappa shape index (κ2) is 11.7. The Hall–Kier alpha value is -2.13. The van der Waals surface area contributed by atoms with Gasteiger partial charge in [0, 0.05) is 24.3 Å². The number of piperidine rings is 1. The topological polar surface area (TPSA) is 100 Å². The maximum absolute atomic E-state index is 10.7. The van der Waals surface area contributed by atoms with Crippen LogP contribution >= 0.6 is 0 Å². The zero-order valence-corrected chi connectivity index (χ0v) is 23.2. The molecule has 0 spiro atoms. The van der Waals surface area contributed by atoms with Gasteiger partial charge in [-0.25, -0.2) is 8.42 Å². The van der Waals surface area contributed by atoms with Gasteiger partial charge in [-0.05, 0) is 67.9 Å². The Morgan fingerprint density at radius 1 is 1.14 bits per heavy atom. The molecule has 37 heavy (non-hydrogen) atoms. The molecular weight excluding hydrogens is 490 g/mol. The van der Waals surface area contributed by atoms with Gasteiger partial charge < -0.3 is 24.0 Å². The van der Waals surface area contributed by atoms with Gasteiger partial charge >= 0.3 is 0 Å².